The first kappa shape index (κ1) is 13.3. The molecule has 0 radical (unpaired) electrons. The standard InChI is InChI=1S/C16H12N4O3/c21-14-8-4-2-6-11(14)16-18-12-7-3-1-5-10(12)15-13(20(22)23)9-17-19(15)16/h1-9,16,18,21H. The Balaban J connectivity index is 1.98. The number of para-hydroxylation sites is 2. The maximum atomic E-state index is 11.3. The lowest BCUT2D eigenvalue weighted by Crippen LogP contribution is -2.25. The van der Waals surface area contributed by atoms with Crippen LogP contribution in [0.2, 0.25) is 0 Å². The van der Waals surface area contributed by atoms with E-state index in [1.54, 1.807) is 24.3 Å². The van der Waals surface area contributed by atoms with Crippen molar-refractivity contribution in [2.75, 3.05) is 5.32 Å². The molecule has 0 aliphatic carbocycles. The van der Waals surface area contributed by atoms with E-state index in [1.165, 1.54) is 10.9 Å². The molecule has 7 heteroatoms. The molecule has 1 aliphatic rings. The summed E-state index contributed by atoms with van der Waals surface area (Å²) >= 11 is 0. The van der Waals surface area contributed by atoms with Crippen LogP contribution in [-0.4, -0.2) is 19.8 Å². The van der Waals surface area contributed by atoms with Crippen LogP contribution in [0.1, 0.15) is 11.7 Å². The van der Waals surface area contributed by atoms with Gasteiger partial charge in [0.15, 0.2) is 11.9 Å². The summed E-state index contributed by atoms with van der Waals surface area (Å²) in [5.41, 5.74) is 2.44. The van der Waals surface area contributed by atoms with Crippen LogP contribution in [0.4, 0.5) is 11.4 Å². The third-order valence-corrected chi connectivity index (χ3v) is 3.92. The summed E-state index contributed by atoms with van der Waals surface area (Å²) in [4.78, 5) is 10.9. The number of nitrogens with zero attached hydrogens (tertiary/aromatic N) is 3. The van der Waals surface area contributed by atoms with Gasteiger partial charge in [0.25, 0.3) is 0 Å². The number of aromatic hydroxyl groups is 1. The number of hydrogen-bond donors (Lipinski definition) is 2. The van der Waals surface area contributed by atoms with Gasteiger partial charge in [0.05, 0.1) is 4.92 Å². The van der Waals surface area contributed by atoms with Crippen LogP contribution in [0, 0.1) is 10.1 Å². The average molecular weight is 308 g/mol. The average Bonchev–Trinajstić information content (AvgIpc) is 3.00. The SMILES string of the molecule is O=[N+]([O-])c1cnn2c1-c1ccccc1NC2c1ccccc1O. The summed E-state index contributed by atoms with van der Waals surface area (Å²) in [6.07, 6.45) is 0.723. The van der Waals surface area contributed by atoms with Crippen LogP contribution in [0.5, 0.6) is 5.75 Å². The van der Waals surface area contributed by atoms with Crippen molar-refractivity contribution in [3.63, 3.8) is 0 Å². The van der Waals surface area contributed by atoms with Crippen molar-refractivity contribution in [1.82, 2.24) is 9.78 Å². The van der Waals surface area contributed by atoms with Crippen LogP contribution in [-0.2, 0) is 0 Å². The van der Waals surface area contributed by atoms with Crippen LogP contribution >= 0.6 is 0 Å². The van der Waals surface area contributed by atoms with E-state index in [2.05, 4.69) is 10.4 Å². The third kappa shape index (κ3) is 1.94. The molecule has 2 heterocycles. The van der Waals surface area contributed by atoms with Crippen LogP contribution in [0.25, 0.3) is 11.3 Å². The monoisotopic (exact) mass is 308 g/mol. The fourth-order valence-corrected chi connectivity index (χ4v) is 2.90. The maximum absolute atomic E-state index is 11.3. The molecule has 0 spiro atoms. The highest BCUT2D eigenvalue weighted by Gasteiger charge is 2.33. The molecular weight excluding hydrogens is 296 g/mol. The number of phenols is 1. The number of nitro groups is 1. The molecule has 7 nitrogen and oxygen atoms in total. The van der Waals surface area contributed by atoms with E-state index >= 15 is 0 Å². The van der Waals surface area contributed by atoms with Crippen molar-refractivity contribution in [3.8, 4) is 17.0 Å². The quantitative estimate of drug-likeness (QED) is 0.560. The van der Waals surface area contributed by atoms with Crippen LogP contribution < -0.4 is 5.32 Å². The summed E-state index contributed by atoms with van der Waals surface area (Å²) in [7, 11) is 0. The number of nitrogens with one attached hydrogen (secondary N) is 1. The Morgan fingerprint density at radius 2 is 1.91 bits per heavy atom. The van der Waals surface area contributed by atoms with Crippen molar-refractivity contribution < 1.29 is 10.0 Å². The van der Waals surface area contributed by atoms with E-state index in [9.17, 15) is 15.2 Å². The van der Waals surface area contributed by atoms with Gasteiger partial charge in [-0.25, -0.2) is 4.68 Å². The molecule has 0 bridgehead atoms. The highest BCUT2D eigenvalue weighted by molar-refractivity contribution is 5.83. The predicted molar refractivity (Wildman–Crippen MR) is 84.2 cm³/mol. The van der Waals surface area contributed by atoms with E-state index in [-0.39, 0.29) is 11.4 Å². The molecule has 23 heavy (non-hydrogen) atoms. The normalized spacial score (nSPS) is 15.4. The molecule has 3 aromatic rings. The summed E-state index contributed by atoms with van der Waals surface area (Å²) in [5.74, 6) is 0.105. The zero-order valence-electron chi connectivity index (χ0n) is 11.9. The van der Waals surface area contributed by atoms with E-state index in [1.807, 2.05) is 24.3 Å². The number of rotatable bonds is 2. The Morgan fingerprint density at radius 3 is 2.70 bits per heavy atom. The number of fused-ring (bicyclic) bond motifs is 3. The molecule has 0 saturated carbocycles. The van der Waals surface area contributed by atoms with Gasteiger partial charge >= 0.3 is 5.69 Å². The lowest BCUT2D eigenvalue weighted by molar-refractivity contribution is -0.384. The summed E-state index contributed by atoms with van der Waals surface area (Å²) in [6.45, 7) is 0. The van der Waals surface area contributed by atoms with Crippen molar-refractivity contribution >= 4 is 11.4 Å². The lowest BCUT2D eigenvalue weighted by Gasteiger charge is -2.29. The number of benzene rings is 2. The second kappa shape index (κ2) is 4.84. The molecule has 1 atom stereocenters. The van der Waals surface area contributed by atoms with Gasteiger partial charge in [-0.3, -0.25) is 10.1 Å². The first-order chi connectivity index (χ1) is 11.2. The molecule has 4 rings (SSSR count). The van der Waals surface area contributed by atoms with E-state index < -0.39 is 11.1 Å². The number of anilines is 1. The van der Waals surface area contributed by atoms with Gasteiger partial charge in [-0.05, 0) is 12.1 Å². The summed E-state index contributed by atoms with van der Waals surface area (Å²) in [6, 6.07) is 14.2. The molecule has 0 saturated heterocycles. The Labute approximate surface area is 131 Å². The van der Waals surface area contributed by atoms with Gasteiger partial charge in [0.2, 0.25) is 0 Å². The minimum atomic E-state index is -0.519. The number of aromatic nitrogens is 2. The highest BCUT2D eigenvalue weighted by Crippen LogP contribution is 2.43. The molecule has 0 amide bonds. The molecule has 1 aliphatic heterocycles. The van der Waals surface area contributed by atoms with E-state index in [0.29, 0.717) is 16.8 Å². The first-order valence-electron chi connectivity index (χ1n) is 7.02. The molecule has 0 fully saturated rings. The van der Waals surface area contributed by atoms with Gasteiger partial charge in [0.1, 0.15) is 11.9 Å². The van der Waals surface area contributed by atoms with Crippen LogP contribution in [0.15, 0.2) is 54.7 Å². The van der Waals surface area contributed by atoms with Gasteiger partial charge in [-0.1, -0.05) is 36.4 Å². The Kier molecular flexibility index (Phi) is 2.80. The molecule has 114 valence electrons. The minimum Gasteiger partial charge on any atom is -0.508 e. The smallest absolute Gasteiger partial charge is 0.315 e. The molecule has 1 aromatic heterocycles. The van der Waals surface area contributed by atoms with Gasteiger partial charge < -0.3 is 10.4 Å². The van der Waals surface area contributed by atoms with Gasteiger partial charge in [-0.2, -0.15) is 5.10 Å². The van der Waals surface area contributed by atoms with E-state index in [0.717, 1.165) is 5.69 Å². The second-order valence-corrected chi connectivity index (χ2v) is 5.23. The number of hydrogen-bond acceptors (Lipinski definition) is 5. The second-order valence-electron chi connectivity index (χ2n) is 5.23. The molecular formula is C16H12N4O3. The van der Waals surface area contributed by atoms with Gasteiger partial charge in [0, 0.05) is 16.8 Å². The van der Waals surface area contributed by atoms with Crippen LogP contribution in [0.3, 0.4) is 0 Å². The maximum Gasteiger partial charge on any atom is 0.315 e. The summed E-state index contributed by atoms with van der Waals surface area (Å²) < 4.78 is 1.54. The fraction of sp³-hybridized carbons (Fsp3) is 0.0625. The van der Waals surface area contributed by atoms with Crippen molar-refractivity contribution in [3.05, 3.63) is 70.4 Å². The Morgan fingerprint density at radius 1 is 1.17 bits per heavy atom. The highest BCUT2D eigenvalue weighted by atomic mass is 16.6. The van der Waals surface area contributed by atoms with Crippen molar-refractivity contribution in [2.24, 2.45) is 0 Å². The van der Waals surface area contributed by atoms with E-state index in [4.69, 9.17) is 0 Å². The third-order valence-electron chi connectivity index (χ3n) is 3.92. The lowest BCUT2D eigenvalue weighted by atomic mass is 10.0. The molecule has 2 N–H and O–H groups in total. The predicted octanol–water partition coefficient (Wildman–Crippen LogP) is 3.14. The largest absolute Gasteiger partial charge is 0.508 e. The summed E-state index contributed by atoms with van der Waals surface area (Å²) in [5, 5.41) is 28.9. The Bertz CT molecular complexity index is 919. The minimum absolute atomic E-state index is 0.0561. The Hall–Kier alpha value is -3.35. The van der Waals surface area contributed by atoms with Gasteiger partial charge in [-0.15, -0.1) is 0 Å². The zero-order chi connectivity index (χ0) is 16.0. The first-order valence-corrected chi connectivity index (χ1v) is 7.02. The zero-order valence-corrected chi connectivity index (χ0v) is 11.9. The fourth-order valence-electron chi connectivity index (χ4n) is 2.90. The van der Waals surface area contributed by atoms with Crippen molar-refractivity contribution in [1.29, 1.82) is 0 Å². The number of phenolic OH excluding ortho intramolecular Hbond substituents is 1. The molecule has 2 aromatic carbocycles. The van der Waals surface area contributed by atoms with Crippen molar-refractivity contribution in [2.45, 2.75) is 6.17 Å². The topological polar surface area (TPSA) is 93.2 Å². The molecule has 1 unspecified atom stereocenters.